The van der Waals surface area contributed by atoms with E-state index in [-0.39, 0.29) is 0 Å². The average molecular weight is 390 g/mol. The maximum absolute atomic E-state index is 13.5. The summed E-state index contributed by atoms with van der Waals surface area (Å²) < 4.78 is 17.9. The molecule has 5 heteroatoms. The average Bonchev–Trinajstić information content (AvgIpc) is 3.35. The van der Waals surface area contributed by atoms with Gasteiger partial charge in [-0.05, 0) is 42.7 Å². The fourth-order valence-electron chi connectivity index (χ4n) is 5.28. The number of fused-ring (bicyclic) bond motifs is 7. The molecule has 3 unspecified atom stereocenters. The molecule has 0 amide bonds. The lowest BCUT2D eigenvalue weighted by Crippen LogP contribution is -2.32. The highest BCUT2D eigenvalue weighted by atomic mass is 32.2. The van der Waals surface area contributed by atoms with Gasteiger partial charge in [-0.1, -0.05) is 18.2 Å². The van der Waals surface area contributed by atoms with Crippen molar-refractivity contribution < 1.29 is 4.21 Å². The van der Waals surface area contributed by atoms with E-state index >= 15 is 0 Å². The number of aromatic nitrogens is 2. The lowest BCUT2D eigenvalue weighted by Gasteiger charge is -2.23. The minimum atomic E-state index is -1.20. The lowest BCUT2D eigenvalue weighted by atomic mass is 9.99. The fourth-order valence-corrected chi connectivity index (χ4v) is 6.57. The second-order valence-electron chi connectivity index (χ2n) is 8.19. The van der Waals surface area contributed by atoms with Crippen LogP contribution < -0.4 is 5.32 Å². The highest BCUT2D eigenvalue weighted by Gasteiger charge is 2.35. The van der Waals surface area contributed by atoms with Crippen LogP contribution in [0.2, 0.25) is 0 Å². The summed E-state index contributed by atoms with van der Waals surface area (Å²) in [6.07, 6.45) is 5.56. The summed E-state index contributed by atoms with van der Waals surface area (Å²) in [7, 11) is 2.99. The Bertz CT molecular complexity index is 1280. The van der Waals surface area contributed by atoms with Crippen molar-refractivity contribution in [1.82, 2.24) is 14.5 Å². The Hall–Kier alpha value is -2.37. The summed E-state index contributed by atoms with van der Waals surface area (Å²) in [6.45, 7) is 0. The second kappa shape index (κ2) is 5.82. The summed E-state index contributed by atoms with van der Waals surface area (Å²) >= 11 is 0. The Morgan fingerprint density at radius 3 is 2.79 bits per heavy atom. The molecule has 4 nitrogen and oxygen atoms in total. The number of para-hydroxylation sites is 1. The first kappa shape index (κ1) is 16.6. The number of hydrogen-bond donors (Lipinski definition) is 1. The van der Waals surface area contributed by atoms with Crippen LogP contribution in [-0.2, 0) is 31.3 Å². The molecule has 2 aliphatic heterocycles. The topological polar surface area (TPSA) is 39.0 Å². The van der Waals surface area contributed by atoms with Crippen LogP contribution in [0.25, 0.3) is 21.8 Å². The molecular formula is C23H23N3OS. The van der Waals surface area contributed by atoms with E-state index in [1.54, 1.807) is 0 Å². The van der Waals surface area contributed by atoms with Crippen molar-refractivity contribution in [3.05, 3.63) is 59.9 Å². The van der Waals surface area contributed by atoms with Crippen LogP contribution in [0.15, 0.2) is 58.5 Å². The van der Waals surface area contributed by atoms with Gasteiger partial charge in [0.25, 0.3) is 0 Å². The van der Waals surface area contributed by atoms with Crippen LogP contribution in [0.5, 0.6) is 0 Å². The van der Waals surface area contributed by atoms with Crippen molar-refractivity contribution in [2.45, 2.75) is 41.1 Å². The molecule has 2 bridgehead atoms. The normalized spacial score (nSPS) is 22.1. The van der Waals surface area contributed by atoms with E-state index < -0.39 is 10.8 Å². The predicted octanol–water partition coefficient (Wildman–Crippen LogP) is 4.19. The standard InChI is InChI=1S/C23H23N3OS/c1-25-13-22(16-5-3-4-6-19(16)25)28(27)15-8-10-20-17(12-15)23-18-9-7-14(24-18)11-21(23)26(20)2/h3-6,8,10,12-14,18,24H,7,9,11H2,1-2H3. The molecule has 4 heterocycles. The Labute approximate surface area is 166 Å². The summed E-state index contributed by atoms with van der Waals surface area (Å²) in [5, 5.41) is 6.10. The van der Waals surface area contributed by atoms with Gasteiger partial charge < -0.3 is 14.5 Å². The number of rotatable bonds is 2. The largest absolute Gasteiger partial charge is 0.349 e. The van der Waals surface area contributed by atoms with E-state index in [0.29, 0.717) is 12.1 Å². The molecule has 4 aromatic rings. The second-order valence-corrected chi connectivity index (χ2v) is 9.63. The first-order chi connectivity index (χ1) is 13.6. The van der Waals surface area contributed by atoms with E-state index in [0.717, 1.165) is 27.1 Å². The van der Waals surface area contributed by atoms with Gasteiger partial charge >= 0.3 is 0 Å². The third-order valence-corrected chi connectivity index (χ3v) is 8.05. The van der Waals surface area contributed by atoms with Crippen LogP contribution in [-0.4, -0.2) is 19.4 Å². The van der Waals surface area contributed by atoms with Crippen molar-refractivity contribution >= 4 is 32.6 Å². The highest BCUT2D eigenvalue weighted by Crippen LogP contribution is 2.42. The molecule has 1 N–H and O–H groups in total. The third kappa shape index (κ3) is 2.17. The van der Waals surface area contributed by atoms with Gasteiger partial charge in [0.2, 0.25) is 0 Å². The SMILES string of the molecule is Cn1cc(S(=O)c2ccc3c(c2)c2c(n3C)CC3CCC2N3)c2ccccc21. The Morgan fingerprint density at radius 2 is 1.89 bits per heavy atom. The molecule has 0 radical (unpaired) electrons. The summed E-state index contributed by atoms with van der Waals surface area (Å²) in [5.41, 5.74) is 5.25. The van der Waals surface area contributed by atoms with Crippen molar-refractivity contribution in [2.75, 3.05) is 0 Å². The molecule has 2 aliphatic rings. The molecule has 142 valence electrons. The van der Waals surface area contributed by atoms with E-state index in [9.17, 15) is 4.21 Å². The van der Waals surface area contributed by atoms with Gasteiger partial charge in [0, 0.05) is 71.2 Å². The minimum absolute atomic E-state index is 0.443. The molecule has 0 aliphatic carbocycles. The Morgan fingerprint density at radius 1 is 1.04 bits per heavy atom. The van der Waals surface area contributed by atoms with Crippen LogP contribution in [0.4, 0.5) is 0 Å². The van der Waals surface area contributed by atoms with Crippen LogP contribution >= 0.6 is 0 Å². The smallest absolute Gasteiger partial charge is 0.0871 e. The van der Waals surface area contributed by atoms with Gasteiger partial charge in [-0.3, -0.25) is 0 Å². The zero-order valence-corrected chi connectivity index (χ0v) is 16.9. The zero-order valence-electron chi connectivity index (χ0n) is 16.1. The summed E-state index contributed by atoms with van der Waals surface area (Å²) in [4.78, 5) is 1.78. The van der Waals surface area contributed by atoms with Gasteiger partial charge in [-0.15, -0.1) is 0 Å². The fraction of sp³-hybridized carbons (Fsp3) is 0.304. The molecule has 28 heavy (non-hydrogen) atoms. The Kier molecular flexibility index (Phi) is 3.44. The quantitative estimate of drug-likeness (QED) is 0.558. The van der Waals surface area contributed by atoms with Crippen molar-refractivity contribution in [3.8, 4) is 0 Å². The molecule has 2 aromatic heterocycles. The molecule has 1 fully saturated rings. The monoisotopic (exact) mass is 389 g/mol. The van der Waals surface area contributed by atoms with E-state index in [4.69, 9.17) is 0 Å². The van der Waals surface area contributed by atoms with Gasteiger partial charge in [0.05, 0.1) is 15.7 Å². The molecule has 1 saturated heterocycles. The van der Waals surface area contributed by atoms with Crippen molar-refractivity contribution in [1.29, 1.82) is 0 Å². The molecule has 6 rings (SSSR count). The summed E-state index contributed by atoms with van der Waals surface area (Å²) in [5.74, 6) is 0. The van der Waals surface area contributed by atoms with Gasteiger partial charge in [-0.2, -0.15) is 0 Å². The van der Waals surface area contributed by atoms with Gasteiger partial charge in [0.1, 0.15) is 0 Å². The third-order valence-electron chi connectivity index (χ3n) is 6.64. The molecule has 0 saturated carbocycles. The molecule has 0 spiro atoms. The first-order valence-corrected chi connectivity index (χ1v) is 11.1. The summed E-state index contributed by atoms with van der Waals surface area (Å²) in [6, 6.07) is 15.6. The number of hydrogen-bond acceptors (Lipinski definition) is 2. The zero-order chi connectivity index (χ0) is 19.0. The van der Waals surface area contributed by atoms with Crippen LogP contribution in [0, 0.1) is 0 Å². The maximum atomic E-state index is 13.5. The van der Waals surface area contributed by atoms with E-state index in [1.807, 2.05) is 31.4 Å². The predicted molar refractivity (Wildman–Crippen MR) is 113 cm³/mol. The van der Waals surface area contributed by atoms with Crippen LogP contribution in [0.1, 0.15) is 30.1 Å². The van der Waals surface area contributed by atoms with Crippen molar-refractivity contribution in [3.63, 3.8) is 0 Å². The maximum Gasteiger partial charge on any atom is 0.0871 e. The highest BCUT2D eigenvalue weighted by molar-refractivity contribution is 7.85. The number of benzene rings is 2. The lowest BCUT2D eigenvalue weighted by molar-refractivity contribution is 0.503. The number of nitrogens with one attached hydrogen (secondary N) is 1. The van der Waals surface area contributed by atoms with Crippen LogP contribution in [0.3, 0.4) is 0 Å². The van der Waals surface area contributed by atoms with Gasteiger partial charge in [0.15, 0.2) is 0 Å². The Balaban J connectivity index is 1.53. The molecule has 2 aromatic carbocycles. The number of aryl methyl sites for hydroxylation is 2. The number of nitrogens with zero attached hydrogens (tertiary/aromatic N) is 2. The van der Waals surface area contributed by atoms with E-state index in [2.05, 4.69) is 45.8 Å². The minimum Gasteiger partial charge on any atom is -0.349 e. The first-order valence-electron chi connectivity index (χ1n) is 9.95. The molecule has 3 atom stereocenters. The van der Waals surface area contributed by atoms with Crippen molar-refractivity contribution in [2.24, 2.45) is 14.1 Å². The van der Waals surface area contributed by atoms with Gasteiger partial charge in [-0.25, -0.2) is 4.21 Å². The van der Waals surface area contributed by atoms with E-state index in [1.165, 1.54) is 35.0 Å². The molecular weight excluding hydrogens is 366 g/mol.